The van der Waals surface area contributed by atoms with Crippen LogP contribution < -0.4 is 4.90 Å². The minimum atomic E-state index is -0.218. The fourth-order valence-corrected chi connectivity index (χ4v) is 8.40. The van der Waals surface area contributed by atoms with E-state index < -0.39 is 0 Å². The number of para-hydroxylation sites is 3. The lowest BCUT2D eigenvalue weighted by Gasteiger charge is -2.30. The van der Waals surface area contributed by atoms with Gasteiger partial charge in [0.05, 0.1) is 16.7 Å². The molecule has 0 saturated heterocycles. The second-order valence-corrected chi connectivity index (χ2v) is 13.8. The number of nitrogens with zero attached hydrogens (tertiary/aromatic N) is 2. The maximum atomic E-state index is 2.47. The van der Waals surface area contributed by atoms with Crippen LogP contribution in [0.25, 0.3) is 60.2 Å². The first-order chi connectivity index (χ1) is 24.1. The van der Waals surface area contributed by atoms with Gasteiger partial charge < -0.3 is 9.47 Å². The third-order valence-corrected chi connectivity index (χ3v) is 10.7. The lowest BCUT2D eigenvalue weighted by Crippen LogP contribution is -2.17. The molecule has 10 rings (SSSR count). The van der Waals surface area contributed by atoms with E-state index >= 15 is 0 Å². The Morgan fingerprint density at radius 3 is 1.80 bits per heavy atom. The summed E-state index contributed by atoms with van der Waals surface area (Å²) < 4.78 is 2.43. The Kier molecular flexibility index (Phi) is 5.95. The number of hydrogen-bond acceptors (Lipinski definition) is 1. The van der Waals surface area contributed by atoms with Crippen molar-refractivity contribution in [2.75, 3.05) is 4.90 Å². The van der Waals surface area contributed by atoms with E-state index in [1.54, 1.807) is 0 Å². The van der Waals surface area contributed by atoms with Gasteiger partial charge in [-0.15, -0.1) is 0 Å². The van der Waals surface area contributed by atoms with Crippen LogP contribution in [0.4, 0.5) is 17.1 Å². The summed E-state index contributed by atoms with van der Waals surface area (Å²) in [4.78, 5) is 2.44. The Bertz CT molecular complexity index is 2700. The summed E-state index contributed by atoms with van der Waals surface area (Å²) in [7, 11) is 0. The highest BCUT2D eigenvalue weighted by Crippen LogP contribution is 2.55. The molecule has 1 aliphatic carbocycles. The van der Waals surface area contributed by atoms with Crippen molar-refractivity contribution in [2.24, 2.45) is 0 Å². The van der Waals surface area contributed by atoms with Crippen LogP contribution in [0.1, 0.15) is 25.0 Å². The molecule has 0 unspecified atom stereocenters. The monoisotopic (exact) mass is 626 g/mol. The van der Waals surface area contributed by atoms with Crippen molar-refractivity contribution >= 4 is 60.4 Å². The van der Waals surface area contributed by atoms with Crippen molar-refractivity contribution in [1.82, 2.24) is 4.57 Å². The number of rotatable bonds is 4. The molecule has 0 radical (unpaired) electrons. The molecule has 1 heterocycles. The van der Waals surface area contributed by atoms with Crippen LogP contribution in [0.5, 0.6) is 0 Å². The van der Waals surface area contributed by atoms with E-state index in [9.17, 15) is 0 Å². The predicted molar refractivity (Wildman–Crippen MR) is 208 cm³/mol. The molecule has 0 atom stereocenters. The van der Waals surface area contributed by atoms with Crippen LogP contribution in [0.2, 0.25) is 0 Å². The van der Waals surface area contributed by atoms with Gasteiger partial charge in [-0.2, -0.15) is 0 Å². The number of hydrogen-bond donors (Lipinski definition) is 0. The minimum absolute atomic E-state index is 0.218. The first-order valence-corrected chi connectivity index (χ1v) is 17.1. The van der Waals surface area contributed by atoms with Gasteiger partial charge in [0.2, 0.25) is 0 Å². The van der Waals surface area contributed by atoms with E-state index in [4.69, 9.17) is 0 Å². The average Bonchev–Trinajstić information content (AvgIpc) is 3.60. The largest absolute Gasteiger partial charge is 0.310 e. The van der Waals surface area contributed by atoms with Gasteiger partial charge >= 0.3 is 0 Å². The summed E-state index contributed by atoms with van der Waals surface area (Å²) in [5.74, 6) is 0. The van der Waals surface area contributed by atoms with Gasteiger partial charge in [-0.3, -0.25) is 0 Å². The first kappa shape index (κ1) is 27.9. The Labute approximate surface area is 286 Å². The molecule has 8 aromatic carbocycles. The molecular formula is C47H34N2. The van der Waals surface area contributed by atoms with Crippen LogP contribution in [0.3, 0.4) is 0 Å². The number of fused-ring (bicyclic) bond motifs is 9. The van der Waals surface area contributed by atoms with Crippen molar-refractivity contribution in [3.05, 3.63) is 181 Å². The van der Waals surface area contributed by atoms with Crippen molar-refractivity contribution in [1.29, 1.82) is 0 Å². The molecule has 0 spiro atoms. The lowest BCUT2D eigenvalue weighted by molar-refractivity contribution is 0.660. The van der Waals surface area contributed by atoms with Crippen molar-refractivity contribution in [2.45, 2.75) is 19.3 Å². The zero-order valence-electron chi connectivity index (χ0n) is 27.6. The normalized spacial score (nSPS) is 13.3. The van der Waals surface area contributed by atoms with Crippen molar-refractivity contribution < 1.29 is 0 Å². The lowest BCUT2D eigenvalue weighted by atomic mass is 9.81. The molecule has 1 aromatic heterocycles. The molecule has 0 amide bonds. The van der Waals surface area contributed by atoms with E-state index in [-0.39, 0.29) is 5.41 Å². The summed E-state index contributed by atoms with van der Waals surface area (Å²) in [5, 5.41) is 7.57. The Morgan fingerprint density at radius 2 is 1.06 bits per heavy atom. The fourth-order valence-electron chi connectivity index (χ4n) is 8.40. The van der Waals surface area contributed by atoms with Crippen LogP contribution in [-0.2, 0) is 5.41 Å². The van der Waals surface area contributed by atoms with Gasteiger partial charge in [-0.05, 0) is 93.0 Å². The van der Waals surface area contributed by atoms with Crippen molar-refractivity contribution in [3.8, 4) is 16.8 Å². The maximum Gasteiger partial charge on any atom is 0.0543 e. The minimum Gasteiger partial charge on any atom is -0.310 e. The first-order valence-electron chi connectivity index (χ1n) is 17.1. The highest BCUT2D eigenvalue weighted by Gasteiger charge is 2.38. The summed E-state index contributed by atoms with van der Waals surface area (Å²) in [6.07, 6.45) is 0. The molecule has 232 valence electrons. The average molecular weight is 627 g/mol. The van der Waals surface area contributed by atoms with Crippen LogP contribution in [0, 0.1) is 0 Å². The summed E-state index contributed by atoms with van der Waals surface area (Å²) in [6.45, 7) is 4.80. The fraction of sp³-hybridized carbons (Fsp3) is 0.0638. The Morgan fingerprint density at radius 1 is 0.449 bits per heavy atom. The molecule has 0 N–H and O–H groups in total. The second kappa shape index (κ2) is 10.4. The molecule has 1 aliphatic rings. The molecule has 2 heteroatoms. The SMILES string of the molecule is CC1(C)c2cc(-n3c4ccccc4c4ccccc43)ccc2-c2c1cc(N(c1ccccc1)c1ccc3ccccc3c1)c1ccccc21. The Balaban J connectivity index is 1.21. The highest BCUT2D eigenvalue weighted by molar-refractivity contribution is 6.11. The Hall–Kier alpha value is -6.12. The predicted octanol–water partition coefficient (Wildman–Crippen LogP) is 12.9. The molecule has 0 fully saturated rings. The molecule has 2 nitrogen and oxygen atoms in total. The quantitative estimate of drug-likeness (QED) is 0.189. The van der Waals surface area contributed by atoms with Crippen LogP contribution >= 0.6 is 0 Å². The number of aromatic nitrogens is 1. The van der Waals surface area contributed by atoms with Gasteiger partial charge in [-0.25, -0.2) is 0 Å². The third-order valence-electron chi connectivity index (χ3n) is 10.7. The molecule has 0 aliphatic heterocycles. The molecular weight excluding hydrogens is 593 g/mol. The highest BCUT2D eigenvalue weighted by atomic mass is 15.1. The zero-order valence-corrected chi connectivity index (χ0v) is 27.6. The van der Waals surface area contributed by atoms with E-state index in [0.717, 1.165) is 11.4 Å². The second-order valence-electron chi connectivity index (χ2n) is 13.8. The maximum absolute atomic E-state index is 2.47. The summed E-state index contributed by atoms with van der Waals surface area (Å²) in [5.41, 5.74) is 12.3. The van der Waals surface area contributed by atoms with Crippen LogP contribution in [-0.4, -0.2) is 4.57 Å². The van der Waals surface area contributed by atoms with E-state index in [2.05, 4.69) is 193 Å². The van der Waals surface area contributed by atoms with E-state index in [1.807, 2.05) is 0 Å². The van der Waals surface area contributed by atoms with Gasteiger partial charge in [0.15, 0.2) is 0 Å². The smallest absolute Gasteiger partial charge is 0.0543 e. The standard InChI is InChI=1S/C47H34N2/c1-47(2)41-29-35(49-43-22-12-10-18-36(43)37-19-11-13-23-44(37)49)26-27-40(41)46-39-21-9-8-20-38(39)45(30-42(46)47)48(33-16-4-3-5-17-33)34-25-24-31-14-6-7-15-32(31)28-34/h3-30H,1-2H3. The van der Waals surface area contributed by atoms with Gasteiger partial charge in [0.25, 0.3) is 0 Å². The third kappa shape index (κ3) is 4.07. The summed E-state index contributed by atoms with van der Waals surface area (Å²) in [6, 6.07) is 62.3. The van der Waals surface area contributed by atoms with Crippen LogP contribution in [0.15, 0.2) is 170 Å². The summed E-state index contributed by atoms with van der Waals surface area (Å²) >= 11 is 0. The van der Waals surface area contributed by atoms with Gasteiger partial charge in [-0.1, -0.05) is 129 Å². The van der Waals surface area contributed by atoms with Gasteiger partial charge in [0.1, 0.15) is 0 Å². The molecule has 49 heavy (non-hydrogen) atoms. The number of benzene rings is 8. The topological polar surface area (TPSA) is 8.17 Å². The molecule has 0 saturated carbocycles. The van der Waals surface area contributed by atoms with E-state index in [1.165, 1.54) is 77.0 Å². The van der Waals surface area contributed by atoms with E-state index in [0.29, 0.717) is 0 Å². The van der Waals surface area contributed by atoms with Crippen molar-refractivity contribution in [3.63, 3.8) is 0 Å². The number of anilines is 3. The molecule has 0 bridgehead atoms. The zero-order chi connectivity index (χ0) is 32.7. The molecule has 9 aromatic rings. The van der Waals surface area contributed by atoms with Gasteiger partial charge in [0, 0.05) is 38.6 Å².